The van der Waals surface area contributed by atoms with Gasteiger partial charge in [-0.25, -0.2) is 9.68 Å². The summed E-state index contributed by atoms with van der Waals surface area (Å²) in [6.45, 7) is 8.35. The average molecular weight is 372 g/mol. The van der Waals surface area contributed by atoms with Crippen LogP contribution in [0.25, 0.3) is 0 Å². The number of ether oxygens (including phenoxy) is 2. The van der Waals surface area contributed by atoms with Crippen LogP contribution in [-0.2, 0) is 19.2 Å². The molecule has 1 aromatic carbocycles. The first-order valence-corrected chi connectivity index (χ1v) is 9.74. The second-order valence-corrected chi connectivity index (χ2v) is 8.90. The summed E-state index contributed by atoms with van der Waals surface area (Å²) in [5.41, 5.74) is -0.619. The molecule has 1 spiro atoms. The molecule has 5 nitrogen and oxygen atoms in total. The van der Waals surface area contributed by atoms with Crippen LogP contribution >= 0.6 is 0 Å². The first-order chi connectivity index (χ1) is 12.7. The lowest BCUT2D eigenvalue weighted by Crippen LogP contribution is -2.73. The quantitative estimate of drug-likeness (QED) is 0.440. The summed E-state index contributed by atoms with van der Waals surface area (Å²) in [5, 5.41) is 0. The molecule has 0 aromatic heterocycles. The maximum absolute atomic E-state index is 12.3. The summed E-state index contributed by atoms with van der Waals surface area (Å²) in [6, 6.07) is 8.98. The Hall–Kier alpha value is -1.69. The van der Waals surface area contributed by atoms with Gasteiger partial charge in [-0.15, -0.1) is 0 Å². The predicted octanol–water partition coefficient (Wildman–Crippen LogP) is 4.57. The van der Waals surface area contributed by atoms with Gasteiger partial charge in [0.2, 0.25) is 5.79 Å². The van der Waals surface area contributed by atoms with Gasteiger partial charge in [0, 0.05) is 11.8 Å². The van der Waals surface area contributed by atoms with Gasteiger partial charge in [0.25, 0.3) is 0 Å². The van der Waals surface area contributed by atoms with Crippen molar-refractivity contribution in [3.05, 3.63) is 48.0 Å². The van der Waals surface area contributed by atoms with E-state index in [2.05, 4.69) is 26.8 Å². The highest BCUT2D eigenvalue weighted by atomic mass is 17.3. The predicted molar refractivity (Wildman–Crippen MR) is 99.8 cm³/mol. The lowest BCUT2D eigenvalue weighted by Gasteiger charge is -2.64. The standard InChI is InChI=1S/C22H28O5/c1-16(24-18(23)17-9-6-5-7-10-17)15-21-13-14-22(27-26-21)19(2,3)11-8-12-20(22,4)25-21/h5-7,9-10,13-14,16H,8,11-12,15H2,1-4H3. The Morgan fingerprint density at radius 3 is 2.52 bits per heavy atom. The van der Waals surface area contributed by atoms with Gasteiger partial charge in [-0.1, -0.05) is 32.0 Å². The molecule has 27 heavy (non-hydrogen) atoms. The van der Waals surface area contributed by atoms with Crippen LogP contribution < -0.4 is 0 Å². The molecule has 1 aliphatic carbocycles. The molecule has 4 unspecified atom stereocenters. The number of fused-ring (bicyclic) bond motifs is 1. The fourth-order valence-electron chi connectivity index (χ4n) is 4.96. The maximum atomic E-state index is 12.3. The number of carbonyl (C=O) groups excluding carboxylic acids is 1. The molecule has 2 bridgehead atoms. The Balaban J connectivity index is 1.51. The van der Waals surface area contributed by atoms with Crippen LogP contribution in [-0.4, -0.2) is 29.1 Å². The van der Waals surface area contributed by atoms with Crippen molar-refractivity contribution < 1.29 is 24.0 Å². The van der Waals surface area contributed by atoms with Crippen molar-refractivity contribution in [1.29, 1.82) is 0 Å². The Morgan fingerprint density at radius 1 is 1.11 bits per heavy atom. The van der Waals surface area contributed by atoms with Crippen LogP contribution in [0.4, 0.5) is 0 Å². The van der Waals surface area contributed by atoms with Crippen molar-refractivity contribution in [2.75, 3.05) is 0 Å². The molecule has 5 rings (SSSR count). The summed E-state index contributed by atoms with van der Waals surface area (Å²) in [7, 11) is 0. The zero-order valence-corrected chi connectivity index (χ0v) is 16.5. The summed E-state index contributed by atoms with van der Waals surface area (Å²) in [4.78, 5) is 24.1. The normalized spacial score (nSPS) is 37.5. The van der Waals surface area contributed by atoms with E-state index in [4.69, 9.17) is 19.2 Å². The first kappa shape index (κ1) is 18.7. The summed E-state index contributed by atoms with van der Waals surface area (Å²) < 4.78 is 12.1. The van der Waals surface area contributed by atoms with Gasteiger partial charge in [0.05, 0.1) is 5.56 Å². The van der Waals surface area contributed by atoms with Crippen molar-refractivity contribution >= 4 is 5.97 Å². The molecule has 4 aliphatic rings. The molecule has 3 aliphatic heterocycles. The Morgan fingerprint density at radius 2 is 1.85 bits per heavy atom. The highest BCUT2D eigenvalue weighted by molar-refractivity contribution is 5.89. The molecule has 4 atom stereocenters. The fourth-order valence-corrected chi connectivity index (χ4v) is 4.96. The van der Waals surface area contributed by atoms with Crippen LogP contribution in [0, 0.1) is 5.41 Å². The smallest absolute Gasteiger partial charge is 0.338 e. The number of carbonyl (C=O) groups is 1. The van der Waals surface area contributed by atoms with Crippen molar-refractivity contribution in [1.82, 2.24) is 0 Å². The first-order valence-electron chi connectivity index (χ1n) is 9.74. The lowest BCUT2D eigenvalue weighted by atomic mass is 9.57. The molecule has 0 radical (unpaired) electrons. The zero-order valence-electron chi connectivity index (χ0n) is 16.5. The summed E-state index contributed by atoms with van der Waals surface area (Å²) >= 11 is 0. The van der Waals surface area contributed by atoms with Crippen LogP contribution in [0.2, 0.25) is 0 Å². The van der Waals surface area contributed by atoms with E-state index in [0.717, 1.165) is 19.3 Å². The molecule has 3 heterocycles. The van der Waals surface area contributed by atoms with Crippen LogP contribution in [0.1, 0.15) is 63.7 Å². The van der Waals surface area contributed by atoms with Crippen molar-refractivity contribution in [2.45, 2.75) is 76.5 Å². The second kappa shape index (κ2) is 6.16. The van der Waals surface area contributed by atoms with E-state index in [9.17, 15) is 4.79 Å². The number of hydrogen-bond donors (Lipinski definition) is 0. The Bertz CT molecular complexity index is 757. The fraction of sp³-hybridized carbons (Fsp3) is 0.591. The zero-order chi connectivity index (χ0) is 19.3. The molecule has 5 heteroatoms. The van der Waals surface area contributed by atoms with Crippen molar-refractivity contribution in [3.8, 4) is 0 Å². The maximum Gasteiger partial charge on any atom is 0.338 e. The van der Waals surface area contributed by atoms with Crippen LogP contribution in [0.5, 0.6) is 0 Å². The molecule has 0 amide bonds. The van der Waals surface area contributed by atoms with Gasteiger partial charge < -0.3 is 9.47 Å². The average Bonchev–Trinajstić information content (AvgIpc) is 2.61. The van der Waals surface area contributed by atoms with Gasteiger partial charge in [0.1, 0.15) is 11.7 Å². The SMILES string of the molecule is CC(CC12C=CC3(OO1)C(C)(C)CCCC3(C)O2)OC(=O)c1ccccc1. The molecule has 0 N–H and O–H groups in total. The van der Waals surface area contributed by atoms with Crippen molar-refractivity contribution in [2.24, 2.45) is 5.41 Å². The third-order valence-corrected chi connectivity index (χ3v) is 6.42. The van der Waals surface area contributed by atoms with Crippen molar-refractivity contribution in [3.63, 3.8) is 0 Å². The minimum Gasteiger partial charge on any atom is -0.459 e. The van der Waals surface area contributed by atoms with Gasteiger partial charge in [0.15, 0.2) is 5.60 Å². The van der Waals surface area contributed by atoms with Crippen LogP contribution in [0.15, 0.2) is 42.5 Å². The lowest BCUT2D eigenvalue weighted by molar-refractivity contribution is -0.554. The van der Waals surface area contributed by atoms with Gasteiger partial charge in [-0.2, -0.15) is 4.89 Å². The molecular weight excluding hydrogens is 344 g/mol. The molecule has 146 valence electrons. The van der Waals surface area contributed by atoms with E-state index in [1.165, 1.54) is 0 Å². The molecule has 1 saturated heterocycles. The van der Waals surface area contributed by atoms with E-state index in [1.54, 1.807) is 12.1 Å². The monoisotopic (exact) mass is 372 g/mol. The van der Waals surface area contributed by atoms with Gasteiger partial charge in [-0.3, -0.25) is 0 Å². The summed E-state index contributed by atoms with van der Waals surface area (Å²) in [6.07, 6.45) is 7.08. The molecule has 1 aromatic rings. The molecule has 2 fully saturated rings. The molecular formula is C22H28O5. The Kier molecular flexibility index (Phi) is 4.26. The van der Waals surface area contributed by atoms with E-state index < -0.39 is 23.1 Å². The number of rotatable bonds is 4. The van der Waals surface area contributed by atoms with E-state index in [1.807, 2.05) is 31.2 Å². The third kappa shape index (κ3) is 2.84. The van der Waals surface area contributed by atoms with E-state index in [0.29, 0.717) is 12.0 Å². The van der Waals surface area contributed by atoms with E-state index >= 15 is 0 Å². The highest BCUT2D eigenvalue weighted by Gasteiger charge is 2.69. The number of esters is 1. The van der Waals surface area contributed by atoms with E-state index in [-0.39, 0.29) is 11.4 Å². The number of hydrogen-bond acceptors (Lipinski definition) is 5. The number of benzene rings is 1. The highest BCUT2D eigenvalue weighted by Crippen LogP contribution is 2.61. The minimum absolute atomic E-state index is 0.0888. The largest absolute Gasteiger partial charge is 0.459 e. The van der Waals surface area contributed by atoms with Gasteiger partial charge in [-0.05, 0) is 57.4 Å². The molecule has 1 saturated carbocycles. The van der Waals surface area contributed by atoms with Gasteiger partial charge >= 0.3 is 5.97 Å². The second-order valence-electron chi connectivity index (χ2n) is 8.90. The van der Waals surface area contributed by atoms with Crippen LogP contribution in [0.3, 0.4) is 0 Å². The summed E-state index contributed by atoms with van der Waals surface area (Å²) in [5.74, 6) is -1.38. The minimum atomic E-state index is -1.03. The third-order valence-electron chi connectivity index (χ3n) is 6.42. The topological polar surface area (TPSA) is 54.0 Å². The Labute approximate surface area is 160 Å².